The van der Waals surface area contributed by atoms with Crippen molar-refractivity contribution >= 4 is 68.7 Å². The quantitative estimate of drug-likeness (QED) is 0.0932. The number of benzene rings is 6. The van der Waals surface area contributed by atoms with Crippen LogP contribution in [0.2, 0.25) is 0 Å². The standard InChI is InChI=1S/C48H40IN3O5/c1-29-17-18-33-15-9-10-16-35(33)41(29)28-57-45-42(49)24-30(25-43(45)56-2)23-40-46(53)50-48(55)52(47(40)54)34-26-38-36(31-11-5-3-6-12-31)19-21-51-22-20-37(39(27-34)44(38)51)32-13-7-4-8-14-32/h3-18,23-27,36-37H,19-22,28H2,1-2H3,(H,50,53,55)/b40-23+/t36-,37-/m1/s1. The maximum absolute atomic E-state index is 14.5. The Morgan fingerprint density at radius 2 is 1.42 bits per heavy atom. The molecule has 0 radical (unpaired) electrons. The van der Waals surface area contributed by atoms with Gasteiger partial charge in [-0.2, -0.15) is 0 Å². The highest BCUT2D eigenvalue weighted by Crippen LogP contribution is 2.50. The lowest BCUT2D eigenvalue weighted by Crippen LogP contribution is -2.54. The van der Waals surface area contributed by atoms with Crippen molar-refractivity contribution in [3.8, 4) is 11.5 Å². The van der Waals surface area contributed by atoms with E-state index in [-0.39, 0.29) is 17.4 Å². The van der Waals surface area contributed by atoms with Gasteiger partial charge in [-0.15, -0.1) is 0 Å². The van der Waals surface area contributed by atoms with E-state index in [1.807, 2.05) is 42.5 Å². The number of ether oxygens (including phenoxy) is 2. The summed E-state index contributed by atoms with van der Waals surface area (Å²) in [6.45, 7) is 4.23. The number of nitrogens with one attached hydrogen (secondary N) is 1. The number of imide groups is 2. The average molecular weight is 866 g/mol. The van der Waals surface area contributed by atoms with Gasteiger partial charge in [0.25, 0.3) is 11.8 Å². The van der Waals surface area contributed by atoms with Crippen LogP contribution in [-0.4, -0.2) is 38.0 Å². The lowest BCUT2D eigenvalue weighted by Gasteiger charge is -2.44. The van der Waals surface area contributed by atoms with Gasteiger partial charge < -0.3 is 14.4 Å². The zero-order valence-electron chi connectivity index (χ0n) is 31.6. The van der Waals surface area contributed by atoms with Crippen LogP contribution in [0.5, 0.6) is 11.5 Å². The van der Waals surface area contributed by atoms with Gasteiger partial charge in [-0.05, 0) is 117 Å². The fourth-order valence-corrected chi connectivity index (χ4v) is 9.55. The number of amides is 4. The Morgan fingerprint density at radius 1 is 0.789 bits per heavy atom. The van der Waals surface area contributed by atoms with Crippen LogP contribution >= 0.6 is 22.6 Å². The third kappa shape index (κ3) is 6.73. The minimum Gasteiger partial charge on any atom is -0.493 e. The number of carbonyl (C=O) groups excluding carboxylic acids is 3. The fourth-order valence-electron chi connectivity index (χ4n) is 8.77. The SMILES string of the molecule is COc1cc(/C=C2\C(=O)NC(=O)N(c3cc4c5c(c3)[C@@H](c3ccccc3)CCN5CC[C@@H]4c3ccccc3)C2=O)cc(I)c1OCc1c(C)ccc2ccccc12. The first-order valence-electron chi connectivity index (χ1n) is 19.2. The molecule has 57 heavy (non-hydrogen) atoms. The third-order valence-electron chi connectivity index (χ3n) is 11.6. The Balaban J connectivity index is 1.09. The van der Waals surface area contributed by atoms with E-state index in [0.29, 0.717) is 29.4 Å². The minimum atomic E-state index is -0.773. The number of fused-ring (bicyclic) bond motifs is 1. The molecule has 8 nitrogen and oxygen atoms in total. The molecule has 0 aliphatic carbocycles. The van der Waals surface area contributed by atoms with E-state index in [2.05, 4.69) is 113 Å². The topological polar surface area (TPSA) is 88.2 Å². The zero-order chi connectivity index (χ0) is 39.2. The number of hydrogen-bond donors (Lipinski definition) is 1. The molecule has 1 N–H and O–H groups in total. The van der Waals surface area contributed by atoms with Crippen molar-refractivity contribution in [2.75, 3.05) is 30.0 Å². The van der Waals surface area contributed by atoms with Crippen LogP contribution in [0.15, 0.2) is 127 Å². The number of nitrogens with zero attached hydrogens (tertiary/aromatic N) is 2. The van der Waals surface area contributed by atoms with Crippen LogP contribution in [0.3, 0.4) is 0 Å². The van der Waals surface area contributed by atoms with Crippen molar-refractivity contribution < 1.29 is 23.9 Å². The van der Waals surface area contributed by atoms with Crippen molar-refractivity contribution in [2.24, 2.45) is 0 Å². The van der Waals surface area contributed by atoms with Crippen LogP contribution in [0.4, 0.5) is 16.2 Å². The molecule has 6 aromatic rings. The predicted octanol–water partition coefficient (Wildman–Crippen LogP) is 9.88. The largest absolute Gasteiger partial charge is 0.493 e. The highest BCUT2D eigenvalue weighted by Gasteiger charge is 2.40. The summed E-state index contributed by atoms with van der Waals surface area (Å²) in [5.74, 6) is -0.276. The first kappa shape index (κ1) is 36.7. The van der Waals surface area contributed by atoms with Crippen molar-refractivity contribution in [1.29, 1.82) is 0 Å². The molecule has 0 spiro atoms. The predicted molar refractivity (Wildman–Crippen MR) is 232 cm³/mol. The lowest BCUT2D eigenvalue weighted by atomic mass is 9.76. The fraction of sp³-hybridized carbons (Fsp3) is 0.188. The lowest BCUT2D eigenvalue weighted by molar-refractivity contribution is -0.122. The van der Waals surface area contributed by atoms with Gasteiger partial charge in [-0.1, -0.05) is 97.1 Å². The summed E-state index contributed by atoms with van der Waals surface area (Å²) < 4.78 is 13.0. The van der Waals surface area contributed by atoms with Gasteiger partial charge in [-0.3, -0.25) is 14.9 Å². The van der Waals surface area contributed by atoms with E-state index in [4.69, 9.17) is 9.47 Å². The Kier molecular flexibility index (Phi) is 9.78. The number of barbiturate groups is 1. The van der Waals surface area contributed by atoms with Gasteiger partial charge in [0.1, 0.15) is 12.2 Å². The van der Waals surface area contributed by atoms with Crippen molar-refractivity contribution in [3.63, 3.8) is 0 Å². The van der Waals surface area contributed by atoms with E-state index >= 15 is 0 Å². The number of methoxy groups -OCH3 is 1. The Bertz CT molecular complexity index is 2530. The first-order chi connectivity index (χ1) is 27.8. The molecular weight excluding hydrogens is 825 g/mol. The molecule has 2 atom stereocenters. The molecule has 1 fully saturated rings. The molecule has 9 heteroatoms. The molecule has 1 saturated heterocycles. The molecule has 6 aromatic carbocycles. The smallest absolute Gasteiger partial charge is 0.335 e. The van der Waals surface area contributed by atoms with Gasteiger partial charge >= 0.3 is 6.03 Å². The second-order valence-corrected chi connectivity index (χ2v) is 16.0. The summed E-state index contributed by atoms with van der Waals surface area (Å²) in [7, 11) is 1.56. The van der Waals surface area contributed by atoms with Crippen LogP contribution in [0.25, 0.3) is 16.8 Å². The Morgan fingerprint density at radius 3 is 2.07 bits per heavy atom. The summed E-state index contributed by atoms with van der Waals surface area (Å²) in [5.41, 5.74) is 8.76. The second kappa shape index (κ2) is 15.2. The molecular formula is C48H40IN3O5. The third-order valence-corrected chi connectivity index (χ3v) is 12.4. The van der Waals surface area contributed by atoms with Gasteiger partial charge in [0, 0.05) is 36.2 Å². The molecule has 3 aliphatic rings. The molecule has 3 heterocycles. The van der Waals surface area contributed by atoms with E-state index < -0.39 is 17.8 Å². The second-order valence-electron chi connectivity index (χ2n) is 14.8. The van der Waals surface area contributed by atoms with Gasteiger partial charge in [0.2, 0.25) is 0 Å². The molecule has 0 aromatic heterocycles. The number of aryl methyl sites for hydroxylation is 1. The number of urea groups is 1. The number of hydrogen-bond acceptors (Lipinski definition) is 6. The minimum absolute atomic E-state index is 0.0741. The number of halogens is 1. The first-order valence-corrected chi connectivity index (χ1v) is 20.3. The Labute approximate surface area is 345 Å². The maximum atomic E-state index is 14.5. The number of carbonyl (C=O) groups is 3. The molecule has 3 aliphatic heterocycles. The highest BCUT2D eigenvalue weighted by atomic mass is 127. The van der Waals surface area contributed by atoms with Crippen LogP contribution < -0.4 is 24.6 Å². The van der Waals surface area contributed by atoms with E-state index in [1.165, 1.54) is 22.9 Å². The molecule has 0 saturated carbocycles. The van der Waals surface area contributed by atoms with Crippen LogP contribution in [-0.2, 0) is 16.2 Å². The highest BCUT2D eigenvalue weighted by molar-refractivity contribution is 14.1. The average Bonchev–Trinajstić information content (AvgIpc) is 3.23. The zero-order valence-corrected chi connectivity index (χ0v) is 33.8. The molecule has 4 amide bonds. The van der Waals surface area contributed by atoms with E-state index in [1.54, 1.807) is 13.2 Å². The van der Waals surface area contributed by atoms with Gasteiger partial charge in [0.15, 0.2) is 11.5 Å². The van der Waals surface area contributed by atoms with E-state index in [0.717, 1.165) is 67.4 Å². The van der Waals surface area contributed by atoms with Crippen LogP contribution in [0, 0.1) is 10.5 Å². The summed E-state index contributed by atoms with van der Waals surface area (Å²) in [6.07, 6.45) is 3.33. The number of rotatable bonds is 8. The van der Waals surface area contributed by atoms with Crippen molar-refractivity contribution in [2.45, 2.75) is 38.2 Å². The normalized spacial score (nSPS) is 18.4. The van der Waals surface area contributed by atoms with Crippen molar-refractivity contribution in [1.82, 2.24) is 5.32 Å². The van der Waals surface area contributed by atoms with E-state index in [9.17, 15) is 14.4 Å². The van der Waals surface area contributed by atoms with Crippen molar-refractivity contribution in [3.05, 3.63) is 169 Å². The molecule has 0 unspecified atom stereocenters. The molecule has 0 bridgehead atoms. The summed E-state index contributed by atoms with van der Waals surface area (Å²) in [4.78, 5) is 45.3. The monoisotopic (exact) mass is 865 g/mol. The summed E-state index contributed by atoms with van der Waals surface area (Å²) in [5, 5.41) is 4.72. The summed E-state index contributed by atoms with van der Waals surface area (Å²) >= 11 is 2.19. The maximum Gasteiger partial charge on any atom is 0.335 e. The van der Waals surface area contributed by atoms with Gasteiger partial charge in [-0.25, -0.2) is 9.69 Å². The number of anilines is 2. The molecule has 284 valence electrons. The Hall–Kier alpha value is -5.94. The van der Waals surface area contributed by atoms with Crippen LogP contribution in [0.1, 0.15) is 63.6 Å². The van der Waals surface area contributed by atoms with Gasteiger partial charge in [0.05, 0.1) is 16.4 Å². The summed E-state index contributed by atoms with van der Waals surface area (Å²) in [6, 6.07) is 40.0. The molecule has 9 rings (SSSR count).